The Bertz CT molecular complexity index is 792. The summed E-state index contributed by atoms with van der Waals surface area (Å²) in [5.74, 6) is -0.530. The second-order valence-electron chi connectivity index (χ2n) is 5.68. The van der Waals surface area contributed by atoms with Crippen LogP contribution in [0.4, 0.5) is 5.69 Å². The average Bonchev–Trinajstić information content (AvgIpc) is 2.62. The zero-order valence-electron chi connectivity index (χ0n) is 14.4. The van der Waals surface area contributed by atoms with Gasteiger partial charge in [-0.15, -0.1) is 0 Å². The van der Waals surface area contributed by atoms with Crippen LogP contribution in [0.3, 0.4) is 0 Å². The largest absolute Gasteiger partial charge is 0.330 e. The lowest BCUT2D eigenvalue weighted by Crippen LogP contribution is -2.37. The van der Waals surface area contributed by atoms with Crippen LogP contribution in [0.1, 0.15) is 18.9 Å². The summed E-state index contributed by atoms with van der Waals surface area (Å²) in [5, 5.41) is 3.55. The first kappa shape index (κ1) is 20.0. The molecule has 0 aliphatic heterocycles. The van der Waals surface area contributed by atoms with E-state index in [1.807, 2.05) is 37.3 Å². The number of carbonyl (C=O) groups excluding carboxylic acids is 2. The maximum Gasteiger partial charge on any atom is 0.247 e. The highest BCUT2D eigenvalue weighted by atomic mass is 35.5. The van der Waals surface area contributed by atoms with Crippen LogP contribution < -0.4 is 5.32 Å². The predicted molar refractivity (Wildman–Crippen MR) is 107 cm³/mol. The van der Waals surface area contributed by atoms with Crippen LogP contribution in [0.25, 0.3) is 6.08 Å². The number of benzene rings is 2. The van der Waals surface area contributed by atoms with Gasteiger partial charge in [0.2, 0.25) is 11.8 Å². The Hall–Kier alpha value is -2.30. The second-order valence-corrected chi connectivity index (χ2v) is 6.52. The zero-order valence-corrected chi connectivity index (χ0v) is 15.9. The van der Waals surface area contributed by atoms with Gasteiger partial charge in [-0.2, -0.15) is 0 Å². The second kappa shape index (κ2) is 10.00. The molecule has 2 rings (SSSR count). The molecule has 2 amide bonds. The van der Waals surface area contributed by atoms with E-state index in [4.69, 9.17) is 23.2 Å². The third-order valence-electron chi connectivity index (χ3n) is 3.56. The van der Waals surface area contributed by atoms with Gasteiger partial charge in [-0.1, -0.05) is 60.5 Å². The molecule has 2 aromatic rings. The number of carbonyl (C=O) groups is 2. The van der Waals surface area contributed by atoms with Crippen LogP contribution in [0.2, 0.25) is 10.0 Å². The molecule has 2 aromatic carbocycles. The number of halogens is 2. The summed E-state index contributed by atoms with van der Waals surface area (Å²) in [5.41, 5.74) is 1.39. The molecule has 136 valence electrons. The van der Waals surface area contributed by atoms with E-state index < -0.39 is 0 Å². The number of rotatable bonds is 7. The summed E-state index contributed by atoms with van der Waals surface area (Å²) in [6.45, 7) is 2.39. The number of hydrogen-bond donors (Lipinski definition) is 1. The normalized spacial score (nSPS) is 10.7. The van der Waals surface area contributed by atoms with Crippen molar-refractivity contribution < 1.29 is 9.59 Å². The molecular formula is C20H20Cl2N2O2. The van der Waals surface area contributed by atoms with Crippen molar-refractivity contribution in [1.29, 1.82) is 0 Å². The lowest BCUT2D eigenvalue weighted by molar-refractivity contribution is -0.130. The molecule has 4 nitrogen and oxygen atoms in total. The molecule has 0 spiro atoms. The van der Waals surface area contributed by atoms with Crippen LogP contribution in [-0.2, 0) is 9.59 Å². The maximum absolute atomic E-state index is 12.4. The fourth-order valence-electron chi connectivity index (χ4n) is 2.33. The summed E-state index contributed by atoms with van der Waals surface area (Å²) in [6, 6.07) is 14.3. The van der Waals surface area contributed by atoms with Crippen LogP contribution in [0.5, 0.6) is 0 Å². The molecule has 6 heteroatoms. The average molecular weight is 391 g/mol. The molecule has 0 aromatic heterocycles. The van der Waals surface area contributed by atoms with Crippen molar-refractivity contribution in [2.45, 2.75) is 13.3 Å². The van der Waals surface area contributed by atoms with Gasteiger partial charge in [-0.05, 0) is 36.3 Å². The molecule has 1 N–H and O–H groups in total. The van der Waals surface area contributed by atoms with E-state index in [-0.39, 0.29) is 18.4 Å². The smallest absolute Gasteiger partial charge is 0.247 e. The fourth-order valence-corrected chi connectivity index (χ4v) is 2.78. The van der Waals surface area contributed by atoms with Gasteiger partial charge in [0.1, 0.15) is 6.54 Å². The predicted octanol–water partition coefficient (Wildman–Crippen LogP) is 4.88. The molecule has 0 fully saturated rings. The van der Waals surface area contributed by atoms with Crippen LogP contribution in [0, 0.1) is 0 Å². The molecule has 0 saturated heterocycles. The standard InChI is InChI=1S/C20H20Cl2N2O2/c1-2-12-24(20(26)11-8-15-6-4-3-5-7-15)14-19(25)23-18-10-9-16(21)13-17(18)22/h3-11,13H,2,12,14H2,1H3,(H,23,25)/b11-8+. The van der Waals surface area contributed by atoms with Crippen molar-refractivity contribution in [3.63, 3.8) is 0 Å². The first-order valence-electron chi connectivity index (χ1n) is 8.26. The monoisotopic (exact) mass is 390 g/mol. The van der Waals surface area contributed by atoms with Gasteiger partial charge in [0.15, 0.2) is 0 Å². The third kappa shape index (κ3) is 6.21. The zero-order chi connectivity index (χ0) is 18.9. The van der Waals surface area contributed by atoms with Crippen molar-refractivity contribution >= 4 is 46.8 Å². The first-order chi connectivity index (χ1) is 12.5. The minimum atomic E-state index is -0.316. The molecule has 0 atom stereocenters. The number of nitrogens with zero attached hydrogens (tertiary/aromatic N) is 1. The molecular weight excluding hydrogens is 371 g/mol. The van der Waals surface area contributed by atoms with Gasteiger partial charge in [0.05, 0.1) is 10.7 Å². The Morgan fingerprint density at radius 3 is 2.50 bits per heavy atom. The van der Waals surface area contributed by atoms with Crippen LogP contribution in [-0.4, -0.2) is 29.8 Å². The molecule has 0 radical (unpaired) electrons. The molecule has 0 aliphatic carbocycles. The Kier molecular flexibility index (Phi) is 7.70. The van der Waals surface area contributed by atoms with Crippen molar-refractivity contribution in [1.82, 2.24) is 4.90 Å². The molecule has 0 unspecified atom stereocenters. The van der Waals surface area contributed by atoms with Crippen molar-refractivity contribution in [2.75, 3.05) is 18.4 Å². The molecule has 0 heterocycles. The minimum Gasteiger partial charge on any atom is -0.330 e. The molecule has 26 heavy (non-hydrogen) atoms. The lowest BCUT2D eigenvalue weighted by Gasteiger charge is -2.20. The highest BCUT2D eigenvalue weighted by molar-refractivity contribution is 6.36. The van der Waals surface area contributed by atoms with Crippen molar-refractivity contribution in [3.8, 4) is 0 Å². The van der Waals surface area contributed by atoms with Crippen molar-refractivity contribution in [3.05, 3.63) is 70.2 Å². The van der Waals surface area contributed by atoms with E-state index in [2.05, 4.69) is 5.32 Å². The van der Waals surface area contributed by atoms with E-state index >= 15 is 0 Å². The first-order valence-corrected chi connectivity index (χ1v) is 9.02. The number of hydrogen-bond acceptors (Lipinski definition) is 2. The summed E-state index contributed by atoms with van der Waals surface area (Å²) >= 11 is 11.9. The highest BCUT2D eigenvalue weighted by Gasteiger charge is 2.15. The summed E-state index contributed by atoms with van der Waals surface area (Å²) < 4.78 is 0. The Morgan fingerprint density at radius 1 is 1.12 bits per heavy atom. The Balaban J connectivity index is 2.00. The van der Waals surface area contributed by atoms with Gasteiger partial charge in [0, 0.05) is 17.6 Å². The topological polar surface area (TPSA) is 49.4 Å². The number of amides is 2. The van der Waals surface area contributed by atoms with Gasteiger partial charge >= 0.3 is 0 Å². The summed E-state index contributed by atoms with van der Waals surface area (Å²) in [7, 11) is 0. The number of nitrogens with one attached hydrogen (secondary N) is 1. The van der Waals surface area contributed by atoms with E-state index in [9.17, 15) is 9.59 Å². The minimum absolute atomic E-state index is 0.0508. The third-order valence-corrected chi connectivity index (χ3v) is 4.11. The fraction of sp³-hybridized carbons (Fsp3) is 0.200. The summed E-state index contributed by atoms with van der Waals surface area (Å²) in [4.78, 5) is 26.2. The maximum atomic E-state index is 12.4. The van der Waals surface area contributed by atoms with Gasteiger partial charge in [-0.3, -0.25) is 9.59 Å². The quantitative estimate of drug-likeness (QED) is 0.684. The molecule has 0 saturated carbocycles. The lowest BCUT2D eigenvalue weighted by atomic mass is 10.2. The van der Waals surface area contributed by atoms with Crippen molar-refractivity contribution in [2.24, 2.45) is 0 Å². The van der Waals surface area contributed by atoms with Crippen LogP contribution >= 0.6 is 23.2 Å². The van der Waals surface area contributed by atoms with Gasteiger partial charge in [-0.25, -0.2) is 0 Å². The Morgan fingerprint density at radius 2 is 1.85 bits per heavy atom. The highest BCUT2D eigenvalue weighted by Crippen LogP contribution is 2.25. The summed E-state index contributed by atoms with van der Waals surface area (Å²) in [6.07, 6.45) is 3.96. The van der Waals surface area contributed by atoms with Gasteiger partial charge < -0.3 is 10.2 Å². The SMILES string of the molecule is CCCN(CC(=O)Nc1ccc(Cl)cc1Cl)C(=O)/C=C/c1ccccc1. The van der Waals surface area contributed by atoms with E-state index in [0.29, 0.717) is 22.3 Å². The van der Waals surface area contributed by atoms with Gasteiger partial charge in [0.25, 0.3) is 0 Å². The molecule has 0 aliphatic rings. The Labute approximate surface area is 163 Å². The van der Waals surface area contributed by atoms with Crippen LogP contribution in [0.15, 0.2) is 54.6 Å². The van der Waals surface area contributed by atoms with E-state index in [1.165, 1.54) is 11.0 Å². The van der Waals surface area contributed by atoms with E-state index in [1.54, 1.807) is 24.3 Å². The molecule has 0 bridgehead atoms. The number of anilines is 1. The van der Waals surface area contributed by atoms with E-state index in [0.717, 1.165) is 12.0 Å².